The summed E-state index contributed by atoms with van der Waals surface area (Å²) < 4.78 is 56.1. The molecule has 2 fully saturated rings. The standard InChI is InChI=1S/C40H63N10O16PS.C32H47N7O12S.C8H16N3O4P/c1-40(60,67(61,62)63)24-49-19-34(42-25-49)6-7-41-39(68)43-33-4-2-32(3-5-33)18-35-20-48(23-38(58)59)15-11-45(22-37(56)57)9-8-44(21-36(54)55)10-12-46(26-64-29-51)13-14-47(27-65-30-52)16-17-50(35)28-66-31-53;40-24-49-21-36-9-7-34(17-30(43)44)5-6-35(18-31(45)46)8-12-38(19-32(47)48)16-29(15-27-1-3-28(4-2-27)33-20-52)39(23-51-26-42)14-13-37(11-10-36)22-50-25-41;1-8(12,16(13,14)15)5-11-4-7(2-3-9)10-6-11/h2-5,19,25,29-31,35,60H,6-18,20-24,26-28H2,1H3,(H,54,55)(H,56,57)(H,58,59)(H2,41,43,68)(H2,61,62,63);1-4,24-26,29H,5-19,21-23H2,(H,43,44)(H,45,46)(H,47,48);4,6,12H,2-3,5,9H2,1H3,(H2,13,14,15). The maximum Gasteiger partial charge on any atom is 0.358 e. The Kier molecular flexibility index (Phi) is 55.5. The van der Waals surface area contributed by atoms with Crippen molar-refractivity contribution in [3.63, 3.8) is 0 Å². The summed E-state index contributed by atoms with van der Waals surface area (Å²) in [7, 11) is -9.34. The summed E-state index contributed by atoms with van der Waals surface area (Å²) in [5.41, 5.74) is 9.55. The molecule has 0 spiro atoms. The molecule has 4 heterocycles. The number of aliphatic carboxylic acids is 6. The molecular formula is C80H126N20O32P2S2. The first kappa shape index (κ1) is 118. The van der Waals surface area contributed by atoms with Crippen molar-refractivity contribution in [3.8, 4) is 0 Å². The van der Waals surface area contributed by atoms with E-state index < -0.39 is 86.9 Å². The highest BCUT2D eigenvalue weighted by atomic mass is 32.1. The average molecular weight is 2010 g/mol. The number of carbonyl (C=O) groups is 12. The van der Waals surface area contributed by atoms with Gasteiger partial charge in [0.2, 0.25) is 0 Å². The zero-order chi connectivity index (χ0) is 101. The molecule has 0 amide bonds. The largest absolute Gasteiger partial charge is 0.480 e. The van der Waals surface area contributed by atoms with E-state index in [9.17, 15) is 117 Å². The van der Waals surface area contributed by atoms with Crippen LogP contribution in [0.1, 0.15) is 36.4 Å². The van der Waals surface area contributed by atoms with Crippen LogP contribution in [0.5, 0.6) is 0 Å². The summed E-state index contributed by atoms with van der Waals surface area (Å²) in [6, 6.07) is 13.5. The monoisotopic (exact) mass is 2000 g/mol. The topological polar surface area (TPSA) is 674 Å². The highest BCUT2D eigenvalue weighted by Gasteiger charge is 2.42. The number of nitrogens with zero attached hydrogens (tertiary/aromatic N) is 17. The highest BCUT2D eigenvalue weighted by molar-refractivity contribution is 7.80. The summed E-state index contributed by atoms with van der Waals surface area (Å²) in [5.74, 6) is -6.66. The normalized spacial score (nSPS) is 18.4. The number of nitrogens with one attached hydrogen (secondary N) is 2. The van der Waals surface area contributed by atoms with Gasteiger partial charge >= 0.3 is 51.0 Å². The van der Waals surface area contributed by atoms with Gasteiger partial charge in [-0.25, -0.2) is 9.97 Å². The van der Waals surface area contributed by atoms with E-state index in [1.807, 2.05) is 39.0 Å². The number of aliphatic hydroxyl groups is 2. The first-order valence-corrected chi connectivity index (χ1v) is 46.6. The van der Waals surface area contributed by atoms with E-state index in [-0.39, 0.29) is 210 Å². The Morgan fingerprint density at radius 1 is 0.449 bits per heavy atom. The molecule has 2 aromatic heterocycles. The molecule has 2 aliphatic heterocycles. The van der Waals surface area contributed by atoms with Crippen molar-refractivity contribution in [1.82, 2.24) is 83.2 Å². The quantitative estimate of drug-likeness (QED) is 0.00655. The van der Waals surface area contributed by atoms with Gasteiger partial charge < -0.3 is 114 Å². The van der Waals surface area contributed by atoms with Gasteiger partial charge in [-0.15, -0.1) is 0 Å². The third kappa shape index (κ3) is 49.6. The van der Waals surface area contributed by atoms with Crippen LogP contribution in [0.2, 0.25) is 0 Å². The van der Waals surface area contributed by atoms with E-state index in [2.05, 4.69) is 30.8 Å². The third-order valence-corrected chi connectivity index (χ3v) is 24.4. The number of hydrogen-bond donors (Lipinski definition) is 15. The minimum Gasteiger partial charge on any atom is -0.480 e. The van der Waals surface area contributed by atoms with Gasteiger partial charge in [-0.3, -0.25) is 125 Å². The van der Waals surface area contributed by atoms with E-state index in [1.54, 1.807) is 80.8 Å². The minimum atomic E-state index is -4.78. The fourth-order valence-corrected chi connectivity index (χ4v) is 15.0. The number of aliphatic imine (C=N–C) groups is 1. The Morgan fingerprint density at radius 2 is 0.728 bits per heavy atom. The van der Waals surface area contributed by atoms with Crippen molar-refractivity contribution in [3.05, 3.63) is 96.1 Å². The number of nitrogens with two attached hydrogens (primary N) is 1. The van der Waals surface area contributed by atoms with Crippen molar-refractivity contribution in [2.75, 3.05) is 242 Å². The number of thiocarbonyl (C=S) groups is 2. The molecular weight excluding hydrogens is 1880 g/mol. The maximum atomic E-state index is 12.3. The fourth-order valence-electron chi connectivity index (χ4n) is 14.0. The van der Waals surface area contributed by atoms with Gasteiger partial charge in [0.1, 0.15) is 40.4 Å². The lowest BCUT2D eigenvalue weighted by molar-refractivity contribution is -0.141. The molecule has 0 saturated carbocycles. The van der Waals surface area contributed by atoms with Crippen LogP contribution in [0, 0.1) is 0 Å². The number of isothiocyanates is 1. The van der Waals surface area contributed by atoms with E-state index in [1.165, 1.54) is 21.8 Å². The van der Waals surface area contributed by atoms with Crippen LogP contribution in [-0.4, -0.2) is 483 Å². The molecule has 52 nitrogen and oxygen atoms in total. The molecule has 0 radical (unpaired) electrons. The molecule has 56 heteroatoms. The molecule has 4 aromatic rings. The molecule has 0 bridgehead atoms. The number of ether oxygens (including phenoxy) is 6. The van der Waals surface area contributed by atoms with Crippen LogP contribution in [0.15, 0.2) is 78.6 Å². The predicted molar refractivity (Wildman–Crippen MR) is 489 cm³/mol. The number of rotatable bonds is 47. The van der Waals surface area contributed by atoms with Crippen molar-refractivity contribution >= 4 is 136 Å². The zero-order valence-corrected chi connectivity index (χ0v) is 79.1. The van der Waals surface area contributed by atoms with E-state index in [4.69, 9.17) is 68.4 Å². The van der Waals surface area contributed by atoms with Crippen molar-refractivity contribution < 1.29 is 156 Å². The van der Waals surface area contributed by atoms with Crippen LogP contribution < -0.4 is 16.4 Å². The van der Waals surface area contributed by atoms with Crippen molar-refractivity contribution in [2.45, 2.75) is 75.4 Å². The van der Waals surface area contributed by atoms with Crippen LogP contribution in [0.3, 0.4) is 0 Å². The third-order valence-electron chi connectivity index (χ3n) is 21.2. The molecule has 2 aliphatic rings. The molecule has 760 valence electrons. The fraction of sp³-hybridized carbons (Fsp3) is 0.600. The van der Waals surface area contributed by atoms with Crippen LogP contribution in [-0.2, 0) is 134 Å². The lowest BCUT2D eigenvalue weighted by Crippen LogP contribution is -2.52. The maximum absolute atomic E-state index is 12.3. The predicted octanol–water partition coefficient (Wildman–Crippen LogP) is -4.25. The number of carboxylic acids is 6. The zero-order valence-electron chi connectivity index (χ0n) is 75.7. The summed E-state index contributed by atoms with van der Waals surface area (Å²) in [6.45, 7) is 5.79. The van der Waals surface area contributed by atoms with Gasteiger partial charge in [-0.05, 0) is 93.1 Å². The number of aromatic nitrogens is 4. The Morgan fingerprint density at radius 3 is 1.02 bits per heavy atom. The second-order valence-electron chi connectivity index (χ2n) is 31.9. The highest BCUT2D eigenvalue weighted by Crippen LogP contribution is 2.50. The Bertz CT molecular complexity index is 4460. The van der Waals surface area contributed by atoms with E-state index in [0.717, 1.165) is 30.7 Å². The molecule has 2 aromatic carbocycles. The summed E-state index contributed by atoms with van der Waals surface area (Å²) in [5, 5.41) is 82.7. The van der Waals surface area contributed by atoms with E-state index >= 15 is 0 Å². The number of benzene rings is 2. The first-order chi connectivity index (χ1) is 64.6. The average Bonchev–Trinajstić information content (AvgIpc) is 1.35. The van der Waals surface area contributed by atoms with Crippen LogP contribution >= 0.6 is 39.6 Å². The molecule has 6 rings (SSSR count). The lowest BCUT2D eigenvalue weighted by Gasteiger charge is -2.37. The smallest absolute Gasteiger partial charge is 0.358 e. The van der Waals surface area contributed by atoms with Gasteiger partial charge in [-0.1, -0.05) is 24.3 Å². The van der Waals surface area contributed by atoms with Gasteiger partial charge in [-0.2, -0.15) is 4.99 Å². The van der Waals surface area contributed by atoms with Crippen molar-refractivity contribution in [2.24, 2.45) is 10.7 Å². The first-order valence-electron chi connectivity index (χ1n) is 42.5. The van der Waals surface area contributed by atoms with E-state index in [0.29, 0.717) is 113 Å². The van der Waals surface area contributed by atoms with Crippen molar-refractivity contribution in [1.29, 1.82) is 0 Å². The van der Waals surface area contributed by atoms with Gasteiger partial charge in [0, 0.05) is 194 Å². The minimum absolute atomic E-state index is 0.0868. The lowest BCUT2D eigenvalue weighted by atomic mass is 10.0. The van der Waals surface area contributed by atoms with Crippen LogP contribution in [0.25, 0.3) is 0 Å². The molecule has 4 unspecified atom stereocenters. The Balaban J connectivity index is 0.000000499. The number of carboxylic acid groups (broad SMARTS) is 6. The van der Waals surface area contributed by atoms with Gasteiger partial charge in [0.05, 0.1) is 87.2 Å². The summed E-state index contributed by atoms with van der Waals surface area (Å²) in [4.78, 5) is 209. The Hall–Kier alpha value is -10.3. The van der Waals surface area contributed by atoms with Crippen LogP contribution in [0.4, 0.5) is 11.4 Å². The molecule has 136 heavy (non-hydrogen) atoms. The number of anilines is 1. The number of hydrogen-bond acceptors (Lipinski definition) is 40. The second-order valence-corrected chi connectivity index (χ2v) is 36.6. The van der Waals surface area contributed by atoms with Gasteiger partial charge in [0.25, 0.3) is 38.8 Å². The summed E-state index contributed by atoms with van der Waals surface area (Å²) in [6.07, 6.45) is 7.62. The Labute approximate surface area is 795 Å². The summed E-state index contributed by atoms with van der Waals surface area (Å²) >= 11 is 10.2. The molecule has 16 N–H and O–H groups in total. The molecule has 2 saturated heterocycles. The SMILES string of the molecule is CC(O)(Cn1cnc(CCN)c1)P(=O)(O)O.CC(O)(Cn1cnc(CCNC(=S)Nc2ccc(CC3CN(CC(=O)O)CCN(CC(=O)O)CCN(CC(=O)O)CCN(COC=O)CCN(COC=O)CCN3COC=O)cc2)c1)P(=O)(O)O.O=COCN1CCN(COC=O)CCN(COC=O)C(Cc2ccc(N=C=S)cc2)CN(CC(=O)O)CCN(CC(=O)O)CCN(CC(=O)O)CC1. The second kappa shape index (κ2) is 64.0. The number of imidazole rings is 2. The molecule has 4 atom stereocenters. The number of carbonyl (C=O) groups excluding carboxylic acids is 6. The van der Waals surface area contributed by atoms with Gasteiger partial charge in [0.15, 0.2) is 15.8 Å². The molecule has 0 aliphatic carbocycles.